The van der Waals surface area contributed by atoms with Gasteiger partial charge in [-0.15, -0.1) is 0 Å². The third-order valence-corrected chi connectivity index (χ3v) is 4.70. The predicted octanol–water partition coefficient (Wildman–Crippen LogP) is 3.54. The van der Waals surface area contributed by atoms with E-state index in [-0.39, 0.29) is 12.1 Å². The lowest BCUT2D eigenvalue weighted by Crippen LogP contribution is -2.44. The van der Waals surface area contributed by atoms with Crippen molar-refractivity contribution in [1.82, 2.24) is 5.32 Å². The molecule has 0 aliphatic heterocycles. The quantitative estimate of drug-likeness (QED) is 0.441. The van der Waals surface area contributed by atoms with Crippen LogP contribution in [-0.2, 0) is 16.0 Å². The van der Waals surface area contributed by atoms with Gasteiger partial charge in [-0.3, -0.25) is 14.9 Å². The minimum absolute atomic E-state index is 0.0704. The lowest BCUT2D eigenvalue weighted by molar-refractivity contribution is -0.384. The van der Waals surface area contributed by atoms with Crippen molar-refractivity contribution in [2.75, 3.05) is 0 Å². The molecule has 0 saturated carbocycles. The molecule has 0 radical (unpaired) electrons. The van der Waals surface area contributed by atoms with Gasteiger partial charge in [0.2, 0.25) is 5.91 Å². The third-order valence-electron chi connectivity index (χ3n) is 4.70. The molecule has 0 spiro atoms. The second-order valence-corrected chi connectivity index (χ2v) is 6.78. The van der Waals surface area contributed by atoms with E-state index >= 15 is 0 Å². The molecule has 0 aliphatic rings. The molecule has 0 heterocycles. The molecule has 1 atom stereocenters. The highest BCUT2D eigenvalue weighted by Gasteiger charge is 2.28. The van der Waals surface area contributed by atoms with Gasteiger partial charge in [0.25, 0.3) is 5.69 Å². The van der Waals surface area contributed by atoms with Gasteiger partial charge in [0.15, 0.2) is 0 Å². The summed E-state index contributed by atoms with van der Waals surface area (Å²) in [5.41, 5.74) is 1.80. The van der Waals surface area contributed by atoms with E-state index in [0.29, 0.717) is 5.56 Å². The maximum atomic E-state index is 13.1. The fraction of sp³-hybridized carbons (Fsp3) is 0.130. The number of amides is 1. The Hall–Kier alpha value is -4.00. The molecule has 1 unspecified atom stereocenters. The summed E-state index contributed by atoms with van der Waals surface area (Å²) in [5.74, 6) is -2.35. The van der Waals surface area contributed by atoms with Crippen molar-refractivity contribution in [3.63, 3.8) is 0 Å². The molecule has 3 rings (SSSR count). The Morgan fingerprint density at radius 2 is 1.47 bits per heavy atom. The number of non-ortho nitro benzene ring substituents is 1. The van der Waals surface area contributed by atoms with Crippen LogP contribution < -0.4 is 5.32 Å². The number of nitrogens with zero attached hydrogens (tertiary/aromatic N) is 1. The lowest BCUT2D eigenvalue weighted by Gasteiger charge is -2.21. The Labute approximate surface area is 173 Å². The second-order valence-electron chi connectivity index (χ2n) is 6.78. The number of nitro benzene ring substituents is 1. The number of carbonyl (C=O) groups is 2. The monoisotopic (exact) mass is 404 g/mol. The van der Waals surface area contributed by atoms with Crippen LogP contribution in [0, 0.1) is 10.1 Å². The Bertz CT molecular complexity index is 998. The Kier molecular flexibility index (Phi) is 6.54. The lowest BCUT2D eigenvalue weighted by atomic mass is 9.90. The zero-order valence-electron chi connectivity index (χ0n) is 16.0. The molecule has 152 valence electrons. The standard InChI is InChI=1S/C23H20N2O5/c26-22(21(17-9-3-1-4-10-17)18-11-5-2-6-12-18)24-20(23(27)28)15-16-8-7-13-19(14-16)25(29)30/h1-14,20-21H,15H2,(H,24,26)(H,27,28). The van der Waals surface area contributed by atoms with Crippen LogP contribution >= 0.6 is 0 Å². The van der Waals surface area contributed by atoms with Gasteiger partial charge in [-0.05, 0) is 16.7 Å². The zero-order chi connectivity index (χ0) is 21.5. The van der Waals surface area contributed by atoms with Gasteiger partial charge in [-0.1, -0.05) is 72.8 Å². The van der Waals surface area contributed by atoms with Gasteiger partial charge in [-0.25, -0.2) is 4.79 Å². The first-order chi connectivity index (χ1) is 14.5. The SMILES string of the molecule is O=C(O)C(Cc1cccc([N+](=O)[O-])c1)NC(=O)C(c1ccccc1)c1ccccc1. The highest BCUT2D eigenvalue weighted by Crippen LogP contribution is 2.25. The van der Waals surface area contributed by atoms with Crippen LogP contribution in [0.3, 0.4) is 0 Å². The highest BCUT2D eigenvalue weighted by atomic mass is 16.6. The van der Waals surface area contributed by atoms with E-state index in [9.17, 15) is 24.8 Å². The van der Waals surface area contributed by atoms with Crippen molar-refractivity contribution in [1.29, 1.82) is 0 Å². The highest BCUT2D eigenvalue weighted by molar-refractivity contribution is 5.90. The normalized spacial score (nSPS) is 11.6. The molecular weight excluding hydrogens is 384 g/mol. The van der Waals surface area contributed by atoms with Gasteiger partial charge in [0.05, 0.1) is 10.8 Å². The summed E-state index contributed by atoms with van der Waals surface area (Å²) in [6.45, 7) is 0. The maximum Gasteiger partial charge on any atom is 0.326 e. The number of nitro groups is 1. The first-order valence-corrected chi connectivity index (χ1v) is 9.32. The summed E-state index contributed by atoms with van der Waals surface area (Å²) < 4.78 is 0. The molecule has 30 heavy (non-hydrogen) atoms. The van der Waals surface area contributed by atoms with Crippen LogP contribution in [0.15, 0.2) is 84.9 Å². The maximum absolute atomic E-state index is 13.1. The Balaban J connectivity index is 1.86. The molecule has 0 bridgehead atoms. The summed E-state index contributed by atoms with van der Waals surface area (Å²) in [6, 6.07) is 22.7. The molecule has 7 heteroatoms. The van der Waals surface area contributed by atoms with Gasteiger partial charge in [0, 0.05) is 18.6 Å². The number of carbonyl (C=O) groups excluding carboxylic acids is 1. The number of rotatable bonds is 8. The number of aliphatic carboxylic acids is 1. The Morgan fingerprint density at radius 1 is 0.900 bits per heavy atom. The smallest absolute Gasteiger partial charge is 0.326 e. The molecule has 0 fully saturated rings. The molecule has 2 N–H and O–H groups in total. The van der Waals surface area contributed by atoms with Gasteiger partial charge in [0.1, 0.15) is 6.04 Å². The number of carboxylic acids is 1. The van der Waals surface area contributed by atoms with Gasteiger partial charge < -0.3 is 10.4 Å². The van der Waals surface area contributed by atoms with E-state index in [1.807, 2.05) is 60.7 Å². The first kappa shape index (κ1) is 20.7. The van der Waals surface area contributed by atoms with Crippen molar-refractivity contribution in [3.8, 4) is 0 Å². The van der Waals surface area contributed by atoms with E-state index in [1.165, 1.54) is 18.2 Å². The summed E-state index contributed by atoms with van der Waals surface area (Å²) >= 11 is 0. The van der Waals surface area contributed by atoms with Crippen LogP contribution in [0.25, 0.3) is 0 Å². The topological polar surface area (TPSA) is 110 Å². The van der Waals surface area contributed by atoms with Crippen molar-refractivity contribution in [3.05, 3.63) is 112 Å². The zero-order valence-corrected chi connectivity index (χ0v) is 16.0. The molecule has 3 aromatic rings. The van der Waals surface area contributed by atoms with E-state index in [2.05, 4.69) is 5.32 Å². The molecule has 0 saturated heterocycles. The molecule has 1 amide bonds. The van der Waals surface area contributed by atoms with Crippen LogP contribution in [0.4, 0.5) is 5.69 Å². The summed E-state index contributed by atoms with van der Waals surface area (Å²) in [4.78, 5) is 35.4. The third kappa shape index (κ3) is 5.08. The first-order valence-electron chi connectivity index (χ1n) is 9.32. The molecule has 3 aromatic carbocycles. The van der Waals surface area contributed by atoms with Crippen molar-refractivity contribution in [2.24, 2.45) is 0 Å². The minimum atomic E-state index is -1.23. The number of benzene rings is 3. The Morgan fingerprint density at radius 3 is 1.97 bits per heavy atom. The minimum Gasteiger partial charge on any atom is -0.480 e. The number of hydrogen-bond donors (Lipinski definition) is 2. The fourth-order valence-corrected chi connectivity index (χ4v) is 3.27. The van der Waals surface area contributed by atoms with Crippen molar-refractivity contribution in [2.45, 2.75) is 18.4 Å². The molecule has 7 nitrogen and oxygen atoms in total. The van der Waals surface area contributed by atoms with E-state index in [1.54, 1.807) is 6.07 Å². The largest absolute Gasteiger partial charge is 0.480 e. The van der Waals surface area contributed by atoms with Crippen molar-refractivity contribution >= 4 is 17.6 Å². The van der Waals surface area contributed by atoms with Crippen LogP contribution in [-0.4, -0.2) is 27.9 Å². The average Bonchev–Trinajstić information content (AvgIpc) is 2.75. The van der Waals surface area contributed by atoms with Crippen LogP contribution in [0.5, 0.6) is 0 Å². The molecule has 0 aliphatic carbocycles. The predicted molar refractivity (Wildman–Crippen MR) is 111 cm³/mol. The van der Waals surface area contributed by atoms with E-state index < -0.39 is 28.8 Å². The average molecular weight is 404 g/mol. The molecule has 0 aromatic heterocycles. The summed E-state index contributed by atoms with van der Waals surface area (Å²) in [5, 5.41) is 23.2. The van der Waals surface area contributed by atoms with Gasteiger partial charge in [-0.2, -0.15) is 0 Å². The number of nitrogens with one attached hydrogen (secondary N) is 1. The number of hydrogen-bond acceptors (Lipinski definition) is 4. The van der Waals surface area contributed by atoms with E-state index in [4.69, 9.17) is 0 Å². The van der Waals surface area contributed by atoms with E-state index in [0.717, 1.165) is 11.1 Å². The van der Waals surface area contributed by atoms with Crippen LogP contribution in [0.2, 0.25) is 0 Å². The van der Waals surface area contributed by atoms with Crippen LogP contribution in [0.1, 0.15) is 22.6 Å². The van der Waals surface area contributed by atoms with Crippen molar-refractivity contribution < 1.29 is 19.6 Å². The molecular formula is C23H20N2O5. The fourth-order valence-electron chi connectivity index (χ4n) is 3.27. The number of carboxylic acid groups (broad SMARTS) is 1. The second kappa shape index (κ2) is 9.47. The summed E-state index contributed by atoms with van der Waals surface area (Å²) in [6.07, 6.45) is -0.0704. The van der Waals surface area contributed by atoms with Gasteiger partial charge >= 0.3 is 5.97 Å². The summed E-state index contributed by atoms with van der Waals surface area (Å²) in [7, 11) is 0.